The van der Waals surface area contributed by atoms with Crippen LogP contribution >= 0.6 is 0 Å². The maximum atomic E-state index is 9.85. The largest absolute Gasteiger partial charge is 1.04 e. The first-order valence-electron chi connectivity index (χ1n) is 9.15. The third-order valence-corrected chi connectivity index (χ3v) is 4.54. The van der Waals surface area contributed by atoms with Crippen molar-refractivity contribution in [2.45, 2.75) is 77.3 Å². The average molecular weight is 358 g/mol. The molecule has 2 unspecified atom stereocenters. The zero-order valence-electron chi connectivity index (χ0n) is 15.1. The third kappa shape index (κ3) is 15.4. The summed E-state index contributed by atoms with van der Waals surface area (Å²) in [5, 5.41) is 0. The maximum Gasteiger partial charge on any atom is 1.04 e. The monoisotopic (exact) mass is 358 g/mol. The Hall–Kier alpha value is 0.172. The predicted octanol–water partition coefficient (Wildman–Crippen LogP) is 3.99. The SMILES string of the molecule is CCCCCCCCCCCC1N(C)CC[NH+]1C.[F][Al-]([F])([F])[F]. The zero-order valence-corrected chi connectivity index (χ0v) is 16.3. The minimum absolute atomic E-state index is 0.801. The van der Waals surface area contributed by atoms with E-state index in [1.165, 1.54) is 77.3 Å². The molecule has 1 aliphatic rings. The molecule has 1 fully saturated rings. The van der Waals surface area contributed by atoms with E-state index in [-0.39, 0.29) is 0 Å². The van der Waals surface area contributed by atoms with Crippen molar-refractivity contribution in [3.8, 4) is 0 Å². The third-order valence-electron chi connectivity index (χ3n) is 4.54. The Morgan fingerprint density at radius 2 is 1.35 bits per heavy atom. The first-order valence-corrected chi connectivity index (χ1v) is 10.9. The molecule has 1 saturated heterocycles. The van der Waals surface area contributed by atoms with Crippen molar-refractivity contribution < 1.29 is 19.0 Å². The van der Waals surface area contributed by atoms with E-state index in [0.29, 0.717) is 0 Å². The van der Waals surface area contributed by atoms with Crippen LogP contribution in [0.2, 0.25) is 0 Å². The van der Waals surface area contributed by atoms with Gasteiger partial charge in [0.2, 0.25) is 0 Å². The lowest BCUT2D eigenvalue weighted by Crippen LogP contribution is -3.11. The van der Waals surface area contributed by atoms with Crippen molar-refractivity contribution in [2.24, 2.45) is 0 Å². The number of likely N-dealkylation sites (N-methyl/N-ethyl adjacent to an activating group) is 2. The van der Waals surface area contributed by atoms with Gasteiger partial charge in [-0.05, 0) is 13.5 Å². The highest BCUT2D eigenvalue weighted by molar-refractivity contribution is 6.50. The topological polar surface area (TPSA) is 7.68 Å². The number of hydrogen-bond acceptors (Lipinski definition) is 1. The molecule has 2 nitrogen and oxygen atoms in total. The van der Waals surface area contributed by atoms with Crippen LogP contribution in [0.1, 0.15) is 71.1 Å². The van der Waals surface area contributed by atoms with Gasteiger partial charge in [0.15, 0.2) is 0 Å². The van der Waals surface area contributed by atoms with Gasteiger partial charge < -0.3 is 19.0 Å². The highest BCUT2D eigenvalue weighted by atomic mass is 27.5. The van der Waals surface area contributed by atoms with E-state index in [1.54, 1.807) is 4.90 Å². The van der Waals surface area contributed by atoms with Crippen LogP contribution in [0.25, 0.3) is 0 Å². The molecular formula is C16H35AlF4N2. The fourth-order valence-electron chi connectivity index (χ4n) is 3.17. The lowest BCUT2D eigenvalue weighted by Gasteiger charge is -2.21. The van der Waals surface area contributed by atoms with E-state index in [1.807, 2.05) is 0 Å². The van der Waals surface area contributed by atoms with Crippen molar-refractivity contribution in [1.82, 2.24) is 4.90 Å². The Morgan fingerprint density at radius 1 is 0.913 bits per heavy atom. The fraction of sp³-hybridized carbons (Fsp3) is 1.00. The molecule has 0 bridgehead atoms. The number of quaternary nitrogens is 1. The Balaban J connectivity index is 0.000000841. The summed E-state index contributed by atoms with van der Waals surface area (Å²) in [6, 6.07) is 0. The van der Waals surface area contributed by atoms with Crippen molar-refractivity contribution in [2.75, 3.05) is 27.2 Å². The Morgan fingerprint density at radius 3 is 1.74 bits per heavy atom. The van der Waals surface area contributed by atoms with E-state index in [9.17, 15) is 14.1 Å². The van der Waals surface area contributed by atoms with E-state index >= 15 is 0 Å². The quantitative estimate of drug-likeness (QED) is 0.352. The smallest absolute Gasteiger partial charge is 0.510 e. The van der Waals surface area contributed by atoms with Crippen molar-refractivity contribution in [3.63, 3.8) is 0 Å². The van der Waals surface area contributed by atoms with Crippen molar-refractivity contribution in [1.29, 1.82) is 0 Å². The lowest BCUT2D eigenvalue weighted by atomic mass is 10.1. The van der Waals surface area contributed by atoms with Crippen LogP contribution in [-0.2, 0) is 0 Å². The van der Waals surface area contributed by atoms with Gasteiger partial charge in [-0.3, -0.25) is 4.90 Å². The molecule has 0 radical (unpaired) electrons. The summed E-state index contributed by atoms with van der Waals surface area (Å²) >= 11 is -6.83. The minimum Gasteiger partial charge on any atom is -0.510 e. The molecule has 1 aliphatic heterocycles. The van der Waals surface area contributed by atoms with Gasteiger partial charge in [0, 0.05) is 6.42 Å². The molecule has 1 heterocycles. The number of unbranched alkanes of at least 4 members (excludes halogenated alkanes) is 8. The van der Waals surface area contributed by atoms with Gasteiger partial charge in [0.1, 0.15) is 6.17 Å². The number of rotatable bonds is 10. The first-order chi connectivity index (χ1) is 10.8. The maximum absolute atomic E-state index is 9.85. The highest BCUT2D eigenvalue weighted by Crippen LogP contribution is 2.12. The fourth-order valence-corrected chi connectivity index (χ4v) is 3.17. The molecule has 0 aromatic heterocycles. The van der Waals surface area contributed by atoms with Gasteiger partial charge in [0.05, 0.1) is 20.1 Å². The van der Waals surface area contributed by atoms with Crippen LogP contribution in [0.4, 0.5) is 14.1 Å². The summed E-state index contributed by atoms with van der Waals surface area (Å²) in [7, 11) is 4.64. The Labute approximate surface area is 143 Å². The molecule has 7 heteroatoms. The van der Waals surface area contributed by atoms with Gasteiger partial charge in [-0.25, -0.2) is 0 Å². The van der Waals surface area contributed by atoms with E-state index in [4.69, 9.17) is 0 Å². The molecule has 1 rings (SSSR count). The molecular weight excluding hydrogens is 323 g/mol. The van der Waals surface area contributed by atoms with Crippen LogP contribution in [0.5, 0.6) is 0 Å². The normalized spacial score (nSPS) is 22.0. The second-order valence-corrected chi connectivity index (χ2v) is 7.69. The summed E-state index contributed by atoms with van der Waals surface area (Å²) < 4.78 is 39.4. The lowest BCUT2D eigenvalue weighted by molar-refractivity contribution is -0.898. The zero-order chi connectivity index (χ0) is 17.7. The standard InChI is InChI=1S/C16H34N2.Al.4FH/c1-4-5-6-7-8-9-10-11-12-13-16-17(2)14-15-18(16)3;;;;;/h16H,4-15H2,1-3H3;;4*1H/q;+3;;;;/p-3. The summed E-state index contributed by atoms with van der Waals surface area (Å²) in [6.45, 7) is 4.91. The van der Waals surface area contributed by atoms with E-state index in [0.717, 1.165) is 6.17 Å². The summed E-state index contributed by atoms with van der Waals surface area (Å²) in [5.74, 6) is 0. The van der Waals surface area contributed by atoms with Gasteiger partial charge in [-0.2, -0.15) is 0 Å². The predicted molar refractivity (Wildman–Crippen MR) is 90.2 cm³/mol. The van der Waals surface area contributed by atoms with Crippen LogP contribution in [0, 0.1) is 0 Å². The summed E-state index contributed by atoms with van der Waals surface area (Å²) in [4.78, 5) is 4.26. The van der Waals surface area contributed by atoms with Gasteiger partial charge in [-0.15, -0.1) is 0 Å². The second kappa shape index (κ2) is 13.5. The Kier molecular flexibility index (Phi) is 13.6. The first kappa shape index (κ1) is 23.2. The van der Waals surface area contributed by atoms with Gasteiger partial charge in [0.25, 0.3) is 0 Å². The van der Waals surface area contributed by atoms with Gasteiger partial charge in [-0.1, -0.05) is 58.3 Å². The minimum atomic E-state index is -6.83. The van der Waals surface area contributed by atoms with Crippen LogP contribution in [-0.4, -0.2) is 53.2 Å². The molecule has 140 valence electrons. The number of halogens is 4. The molecule has 23 heavy (non-hydrogen) atoms. The number of hydrogen-bond donors (Lipinski definition) is 1. The summed E-state index contributed by atoms with van der Waals surface area (Å²) in [5.41, 5.74) is 0. The Bertz CT molecular complexity index is 261. The molecule has 0 spiro atoms. The summed E-state index contributed by atoms with van der Waals surface area (Å²) in [6.07, 6.45) is 15.2. The van der Waals surface area contributed by atoms with E-state index < -0.39 is 14.9 Å². The molecule has 1 N–H and O–H groups in total. The molecule has 0 aromatic carbocycles. The molecule has 0 aliphatic carbocycles. The molecule has 0 saturated carbocycles. The number of nitrogens with one attached hydrogen (secondary N) is 1. The van der Waals surface area contributed by atoms with Crippen LogP contribution in [0.15, 0.2) is 0 Å². The second-order valence-electron chi connectivity index (χ2n) is 6.70. The molecule has 0 amide bonds. The van der Waals surface area contributed by atoms with Gasteiger partial charge >= 0.3 is 14.9 Å². The number of nitrogens with zero attached hydrogens (tertiary/aromatic N) is 1. The van der Waals surface area contributed by atoms with Crippen molar-refractivity contribution in [3.05, 3.63) is 0 Å². The molecule has 2 atom stereocenters. The van der Waals surface area contributed by atoms with Crippen molar-refractivity contribution >= 4 is 14.9 Å². The highest BCUT2D eigenvalue weighted by Gasteiger charge is 2.41. The van der Waals surface area contributed by atoms with E-state index in [2.05, 4.69) is 25.9 Å². The van der Waals surface area contributed by atoms with Crippen LogP contribution in [0.3, 0.4) is 0 Å². The van der Waals surface area contributed by atoms with Crippen LogP contribution < -0.4 is 4.90 Å². The molecule has 0 aromatic rings. The average Bonchev–Trinajstić information content (AvgIpc) is 2.75.